The van der Waals surface area contributed by atoms with E-state index < -0.39 is 0 Å². The molecule has 0 saturated carbocycles. The molecule has 0 aliphatic heterocycles. The molecular formula is C22H34ClN6O2+. The van der Waals surface area contributed by atoms with Crippen molar-refractivity contribution in [3.63, 3.8) is 0 Å². The highest BCUT2D eigenvalue weighted by atomic mass is 35.5. The fourth-order valence-electron chi connectivity index (χ4n) is 3.66. The summed E-state index contributed by atoms with van der Waals surface area (Å²) in [5.41, 5.74) is 15.7. The van der Waals surface area contributed by atoms with Gasteiger partial charge in [-0.15, -0.1) is 0 Å². The Balaban J connectivity index is 0.00000341. The standard InChI is InChI=1S/C22H33N6O2.ClH/c1-3-5-7-9-15-27-19(21(23)29-25-27)17-11-13-18(14-12-17)20-22(24)30-26-28(20)16-10-8-6-4-2;/h11-14,23-25H,3-10,15-16H2,1-2H3;1H/q+1;. The van der Waals surface area contributed by atoms with E-state index in [-0.39, 0.29) is 12.4 Å². The van der Waals surface area contributed by atoms with Crippen molar-refractivity contribution < 1.29 is 30.8 Å². The Morgan fingerprint density at radius 1 is 0.677 bits per heavy atom. The van der Waals surface area contributed by atoms with Crippen LogP contribution in [0.1, 0.15) is 65.2 Å². The van der Waals surface area contributed by atoms with Crippen molar-refractivity contribution in [2.75, 3.05) is 11.5 Å². The molecule has 0 radical (unpaired) electrons. The molecule has 4 N–H and O–H groups in total. The number of nitrogens with two attached hydrogens (primary N) is 2. The number of unbranched alkanes of at least 4 members (excludes halogenated alkanes) is 6. The first-order chi connectivity index (χ1) is 14.7. The Morgan fingerprint density at radius 3 is 1.42 bits per heavy atom. The van der Waals surface area contributed by atoms with Gasteiger partial charge in [-0.2, -0.15) is 0 Å². The van der Waals surface area contributed by atoms with E-state index in [1.165, 1.54) is 38.5 Å². The lowest BCUT2D eigenvalue weighted by atomic mass is 10.1. The predicted octanol–water partition coefficient (Wildman–Crippen LogP) is 0.901. The smallest absolute Gasteiger partial charge is 0.304 e. The second kappa shape index (κ2) is 12.3. The van der Waals surface area contributed by atoms with Gasteiger partial charge in [0, 0.05) is 12.8 Å². The summed E-state index contributed by atoms with van der Waals surface area (Å²) in [7, 11) is 0. The van der Waals surface area contributed by atoms with Crippen molar-refractivity contribution >= 4 is 11.8 Å². The Morgan fingerprint density at radius 2 is 1.06 bits per heavy atom. The molecule has 3 aromatic rings. The van der Waals surface area contributed by atoms with E-state index in [0.29, 0.717) is 11.8 Å². The third kappa shape index (κ3) is 6.19. The van der Waals surface area contributed by atoms with Gasteiger partial charge in [0.05, 0.1) is 11.1 Å². The zero-order valence-electron chi connectivity index (χ0n) is 18.5. The number of anilines is 2. The lowest BCUT2D eigenvalue weighted by Gasteiger charge is -2.00. The van der Waals surface area contributed by atoms with E-state index in [4.69, 9.17) is 20.5 Å². The maximum Gasteiger partial charge on any atom is 0.304 e. The predicted molar refractivity (Wildman–Crippen MR) is 115 cm³/mol. The van der Waals surface area contributed by atoms with Gasteiger partial charge >= 0.3 is 23.2 Å². The zero-order chi connectivity index (χ0) is 21.3. The number of hydrogen-bond donors (Lipinski definition) is 2. The zero-order valence-corrected chi connectivity index (χ0v) is 19.3. The minimum absolute atomic E-state index is 0. The number of aromatic nitrogens is 4. The molecule has 0 fully saturated rings. The Kier molecular flexibility index (Phi) is 9.78. The van der Waals surface area contributed by atoms with Crippen LogP contribution < -0.4 is 33.2 Å². The lowest BCUT2D eigenvalue weighted by Crippen LogP contribution is -3.00. The topological polar surface area (TPSA) is 112 Å². The van der Waals surface area contributed by atoms with Crippen molar-refractivity contribution in [1.29, 1.82) is 0 Å². The number of halogens is 1. The second-order valence-corrected chi connectivity index (χ2v) is 7.72. The molecule has 0 spiro atoms. The van der Waals surface area contributed by atoms with E-state index in [2.05, 4.69) is 24.4 Å². The summed E-state index contributed by atoms with van der Waals surface area (Å²) in [4.78, 5) is 0. The molecule has 1 aromatic carbocycles. The number of rotatable bonds is 12. The molecule has 0 unspecified atom stereocenters. The first-order valence-electron chi connectivity index (χ1n) is 11.1. The van der Waals surface area contributed by atoms with Crippen molar-refractivity contribution in [1.82, 2.24) is 10.5 Å². The summed E-state index contributed by atoms with van der Waals surface area (Å²) >= 11 is 0. The molecule has 170 valence electrons. The Labute approximate surface area is 189 Å². The molecule has 0 amide bonds. The normalized spacial score (nSPS) is 10.9. The molecule has 2 aromatic heterocycles. The minimum Gasteiger partial charge on any atom is -1.00 e. The van der Waals surface area contributed by atoms with Gasteiger partial charge in [-0.3, -0.25) is 9.05 Å². The van der Waals surface area contributed by atoms with E-state index >= 15 is 0 Å². The highest BCUT2D eigenvalue weighted by molar-refractivity contribution is 5.71. The summed E-state index contributed by atoms with van der Waals surface area (Å²) in [5, 5.41) is 8.21. The van der Waals surface area contributed by atoms with Crippen LogP contribution in [0.3, 0.4) is 0 Å². The number of nitrogens with zero attached hydrogens (tertiary/aromatic N) is 4. The Hall–Kier alpha value is -2.61. The maximum atomic E-state index is 6.07. The van der Waals surface area contributed by atoms with Crippen LogP contribution in [0.25, 0.3) is 22.5 Å². The summed E-state index contributed by atoms with van der Waals surface area (Å²) in [5.74, 6) is 0.655. The lowest BCUT2D eigenvalue weighted by molar-refractivity contribution is -0.753. The molecule has 0 bridgehead atoms. The van der Waals surface area contributed by atoms with E-state index in [9.17, 15) is 0 Å². The third-order valence-corrected chi connectivity index (χ3v) is 5.34. The molecule has 2 heterocycles. The van der Waals surface area contributed by atoms with Crippen molar-refractivity contribution in [2.45, 2.75) is 78.3 Å². The van der Waals surface area contributed by atoms with Crippen LogP contribution in [-0.4, -0.2) is 10.5 Å². The number of aryl methyl sites for hydroxylation is 2. The third-order valence-electron chi connectivity index (χ3n) is 5.34. The molecule has 0 saturated heterocycles. The Bertz CT molecular complexity index is 847. The molecule has 0 atom stereocenters. The van der Waals surface area contributed by atoms with Crippen LogP contribution in [0.4, 0.5) is 11.8 Å². The highest BCUT2D eigenvalue weighted by Gasteiger charge is 2.27. The monoisotopic (exact) mass is 449 g/mol. The fourth-order valence-corrected chi connectivity index (χ4v) is 3.66. The largest absolute Gasteiger partial charge is 1.00 e. The van der Waals surface area contributed by atoms with E-state index in [1.54, 1.807) is 0 Å². The van der Waals surface area contributed by atoms with Gasteiger partial charge in [-0.05, 0) is 46.5 Å². The van der Waals surface area contributed by atoms with Crippen LogP contribution in [0, 0.1) is 0 Å². The molecule has 8 nitrogen and oxygen atoms in total. The summed E-state index contributed by atoms with van der Waals surface area (Å²) in [6, 6.07) is 8.03. The van der Waals surface area contributed by atoms with Gasteiger partial charge < -0.3 is 23.9 Å². The number of hydrogen-bond acceptors (Lipinski definition) is 6. The molecule has 3 rings (SSSR count). The molecule has 31 heavy (non-hydrogen) atoms. The molecule has 0 aliphatic carbocycles. The summed E-state index contributed by atoms with van der Waals surface area (Å²) in [6.45, 7) is 5.97. The van der Waals surface area contributed by atoms with Crippen molar-refractivity contribution in [3.8, 4) is 22.5 Å². The maximum absolute atomic E-state index is 6.07. The van der Waals surface area contributed by atoms with Crippen LogP contribution >= 0.6 is 0 Å². The van der Waals surface area contributed by atoms with E-state index in [0.717, 1.165) is 48.4 Å². The summed E-state index contributed by atoms with van der Waals surface area (Å²) < 4.78 is 14.2. The van der Waals surface area contributed by atoms with Gasteiger partial charge in [-0.1, -0.05) is 39.5 Å². The van der Waals surface area contributed by atoms with Gasteiger partial charge in [0.25, 0.3) is 0 Å². The van der Waals surface area contributed by atoms with Gasteiger partial charge in [-0.25, -0.2) is 0 Å². The average Bonchev–Trinajstić information content (AvgIpc) is 3.31. The average molecular weight is 450 g/mol. The highest BCUT2D eigenvalue weighted by Crippen LogP contribution is 2.27. The molecular weight excluding hydrogens is 416 g/mol. The van der Waals surface area contributed by atoms with Crippen LogP contribution in [0.2, 0.25) is 0 Å². The quantitative estimate of drug-likeness (QED) is 0.314. The first-order valence-corrected chi connectivity index (χ1v) is 11.1. The minimum atomic E-state index is 0. The first kappa shape index (κ1) is 24.7. The number of benzene rings is 1. The van der Waals surface area contributed by atoms with Gasteiger partial charge in [0.15, 0.2) is 13.1 Å². The van der Waals surface area contributed by atoms with Gasteiger partial charge in [0.1, 0.15) is 0 Å². The van der Waals surface area contributed by atoms with Crippen molar-refractivity contribution in [3.05, 3.63) is 24.3 Å². The summed E-state index contributed by atoms with van der Waals surface area (Å²) in [6.07, 6.45) is 9.26. The van der Waals surface area contributed by atoms with Crippen LogP contribution in [-0.2, 0) is 13.1 Å². The second-order valence-electron chi connectivity index (χ2n) is 7.72. The van der Waals surface area contributed by atoms with Crippen LogP contribution in [0.5, 0.6) is 0 Å². The molecule has 9 heteroatoms. The van der Waals surface area contributed by atoms with Crippen LogP contribution in [0.15, 0.2) is 33.3 Å². The molecule has 0 aliphatic rings. The fraction of sp³-hybridized carbons (Fsp3) is 0.545. The van der Waals surface area contributed by atoms with E-state index in [1.807, 2.05) is 33.6 Å². The SMILES string of the molecule is CCCCCC[n+]1noc(N)c1-c1ccc(-c2c(N)on[n+]2CCCCCC)cc1.[Cl-]. The van der Waals surface area contributed by atoms with Gasteiger partial charge in [0.2, 0.25) is 10.5 Å². The van der Waals surface area contributed by atoms with Crippen molar-refractivity contribution in [2.24, 2.45) is 0 Å². The number of nitrogen functional groups attached to an aromatic ring is 2.